The number of fused-ring (bicyclic) bond motifs is 2. The van der Waals surface area contributed by atoms with E-state index in [1.54, 1.807) is 6.07 Å². The van der Waals surface area contributed by atoms with Crippen LogP contribution >= 0.6 is 0 Å². The molecule has 4 rings (SSSR count). The third kappa shape index (κ3) is 1.93. The molecule has 0 spiro atoms. The van der Waals surface area contributed by atoms with Crippen molar-refractivity contribution in [2.45, 2.75) is 31.9 Å². The fourth-order valence-electron chi connectivity index (χ4n) is 4.54. The Kier molecular flexibility index (Phi) is 3.46. The average molecular weight is 366 g/mol. The first-order valence-electron chi connectivity index (χ1n) is 8.82. The molecule has 2 aromatic rings. The van der Waals surface area contributed by atoms with Crippen LogP contribution in [-0.2, 0) is 10.4 Å². The van der Waals surface area contributed by atoms with Crippen LogP contribution in [-0.4, -0.2) is 29.7 Å². The smallest absolute Gasteiger partial charge is 0.322 e. The van der Waals surface area contributed by atoms with Crippen LogP contribution < -0.4 is 15.4 Å². The van der Waals surface area contributed by atoms with Crippen molar-refractivity contribution >= 4 is 11.9 Å². The minimum Gasteiger partial charge on any atom is -0.496 e. The Morgan fingerprint density at radius 2 is 1.70 bits per heavy atom. The Bertz CT molecular complexity index is 964. The molecule has 140 valence electrons. The Hall–Kier alpha value is -2.86. The molecule has 3 amide bonds. The van der Waals surface area contributed by atoms with E-state index in [0.29, 0.717) is 16.9 Å². The maximum absolute atomic E-state index is 13.0. The van der Waals surface area contributed by atoms with E-state index in [0.717, 1.165) is 11.1 Å². The SMILES string of the molecule is COc1c2ccc(-c3ccccc3)c1C2(O)C1(C(C)(C)C)NC(=O)NC1=O. The number of urea groups is 1. The molecular weight excluding hydrogens is 344 g/mol. The van der Waals surface area contributed by atoms with Gasteiger partial charge in [0.25, 0.3) is 5.91 Å². The molecule has 1 fully saturated rings. The number of carbonyl (C=O) groups is 2. The van der Waals surface area contributed by atoms with Gasteiger partial charge in [-0.15, -0.1) is 0 Å². The van der Waals surface area contributed by atoms with Crippen LogP contribution in [0.1, 0.15) is 31.9 Å². The van der Waals surface area contributed by atoms with Crippen molar-refractivity contribution in [3.8, 4) is 16.9 Å². The van der Waals surface area contributed by atoms with Gasteiger partial charge in [0, 0.05) is 11.1 Å². The molecule has 6 nitrogen and oxygen atoms in total. The highest BCUT2D eigenvalue weighted by Crippen LogP contribution is 2.63. The van der Waals surface area contributed by atoms with Gasteiger partial charge >= 0.3 is 6.03 Å². The first-order chi connectivity index (χ1) is 12.7. The number of nitrogens with one attached hydrogen (secondary N) is 2. The van der Waals surface area contributed by atoms with Gasteiger partial charge < -0.3 is 15.2 Å². The summed E-state index contributed by atoms with van der Waals surface area (Å²) >= 11 is 0. The number of imide groups is 1. The highest BCUT2D eigenvalue weighted by atomic mass is 16.5. The summed E-state index contributed by atoms with van der Waals surface area (Å²) in [5.74, 6) is -0.00760. The normalized spacial score (nSPS) is 26.3. The number of aliphatic hydroxyl groups is 1. The van der Waals surface area contributed by atoms with Gasteiger partial charge in [-0.25, -0.2) is 4.79 Å². The van der Waals surface area contributed by atoms with E-state index in [2.05, 4.69) is 10.6 Å². The summed E-state index contributed by atoms with van der Waals surface area (Å²) < 4.78 is 5.55. The number of carbonyl (C=O) groups excluding carboxylic acids is 2. The van der Waals surface area contributed by atoms with Crippen molar-refractivity contribution < 1.29 is 19.4 Å². The second-order valence-corrected chi connectivity index (χ2v) is 8.05. The van der Waals surface area contributed by atoms with E-state index >= 15 is 0 Å². The summed E-state index contributed by atoms with van der Waals surface area (Å²) in [5, 5.41) is 17.0. The minimum absolute atomic E-state index is 0.493. The molecule has 3 N–H and O–H groups in total. The third-order valence-electron chi connectivity index (χ3n) is 5.73. The number of methoxy groups -OCH3 is 1. The average Bonchev–Trinajstić information content (AvgIpc) is 2.96. The molecule has 2 aliphatic rings. The first kappa shape index (κ1) is 17.5. The lowest BCUT2D eigenvalue weighted by Crippen LogP contribution is -2.72. The van der Waals surface area contributed by atoms with E-state index in [9.17, 15) is 14.7 Å². The molecule has 1 aliphatic carbocycles. The van der Waals surface area contributed by atoms with E-state index in [4.69, 9.17) is 4.74 Å². The van der Waals surface area contributed by atoms with Crippen LogP contribution in [0.2, 0.25) is 0 Å². The van der Waals surface area contributed by atoms with Crippen LogP contribution in [0.4, 0.5) is 4.79 Å². The Morgan fingerprint density at radius 1 is 1.04 bits per heavy atom. The van der Waals surface area contributed by atoms with Crippen molar-refractivity contribution in [3.63, 3.8) is 0 Å². The van der Waals surface area contributed by atoms with Crippen LogP contribution in [0.25, 0.3) is 11.1 Å². The molecule has 2 atom stereocenters. The van der Waals surface area contributed by atoms with Crippen LogP contribution in [0.15, 0.2) is 42.5 Å². The fourth-order valence-corrected chi connectivity index (χ4v) is 4.54. The molecule has 27 heavy (non-hydrogen) atoms. The van der Waals surface area contributed by atoms with Crippen molar-refractivity contribution in [1.82, 2.24) is 10.6 Å². The zero-order chi connectivity index (χ0) is 19.6. The van der Waals surface area contributed by atoms with Gasteiger partial charge in [-0.3, -0.25) is 10.1 Å². The highest BCUT2D eigenvalue weighted by Gasteiger charge is 2.72. The van der Waals surface area contributed by atoms with Gasteiger partial charge in [-0.05, 0) is 16.5 Å². The Labute approximate surface area is 157 Å². The number of hydrogen-bond donors (Lipinski definition) is 3. The minimum atomic E-state index is -1.70. The van der Waals surface area contributed by atoms with E-state index < -0.39 is 28.5 Å². The zero-order valence-corrected chi connectivity index (χ0v) is 15.7. The Balaban J connectivity index is 2.01. The quantitative estimate of drug-likeness (QED) is 0.729. The van der Waals surface area contributed by atoms with Crippen LogP contribution in [0, 0.1) is 5.41 Å². The largest absolute Gasteiger partial charge is 0.496 e. The van der Waals surface area contributed by atoms with E-state index in [-0.39, 0.29) is 0 Å². The summed E-state index contributed by atoms with van der Waals surface area (Å²) in [4.78, 5) is 25.1. The lowest BCUT2D eigenvalue weighted by Gasteiger charge is -2.55. The maximum Gasteiger partial charge on any atom is 0.322 e. The maximum atomic E-state index is 13.0. The Morgan fingerprint density at radius 3 is 2.22 bits per heavy atom. The van der Waals surface area contributed by atoms with Gasteiger partial charge in [0.15, 0.2) is 11.1 Å². The molecule has 0 saturated carbocycles. The van der Waals surface area contributed by atoms with Crippen LogP contribution in [0.5, 0.6) is 5.75 Å². The first-order valence-corrected chi connectivity index (χ1v) is 8.82. The number of rotatable bonds is 3. The molecule has 2 bridgehead atoms. The third-order valence-corrected chi connectivity index (χ3v) is 5.73. The molecule has 1 heterocycles. The molecule has 1 saturated heterocycles. The predicted octanol–water partition coefficient (Wildman–Crippen LogP) is 2.54. The van der Waals surface area contributed by atoms with Crippen molar-refractivity contribution in [2.75, 3.05) is 7.11 Å². The molecule has 0 radical (unpaired) electrons. The van der Waals surface area contributed by atoms with E-state index in [1.807, 2.05) is 57.2 Å². The van der Waals surface area contributed by atoms with Crippen molar-refractivity contribution in [1.29, 1.82) is 0 Å². The topological polar surface area (TPSA) is 87.7 Å². The molecular formula is C21H22N2O4. The van der Waals surface area contributed by atoms with Gasteiger partial charge in [-0.1, -0.05) is 63.2 Å². The number of benzene rings is 2. The monoisotopic (exact) mass is 366 g/mol. The van der Waals surface area contributed by atoms with Gasteiger partial charge in [0.1, 0.15) is 5.75 Å². The standard InChI is InChI=1S/C21H22N2O4/c1-19(2,3)21(17(24)22-18(25)23-21)20(26)14-11-10-13(15(20)16(14)27-4)12-8-6-5-7-9-12/h5-11,26H,1-4H3,(H2,22,23,24,25). The van der Waals surface area contributed by atoms with E-state index in [1.165, 1.54) is 7.11 Å². The lowest BCUT2D eigenvalue weighted by atomic mass is 9.53. The lowest BCUT2D eigenvalue weighted by molar-refractivity contribution is -0.145. The number of hydrogen-bond acceptors (Lipinski definition) is 4. The number of ether oxygens (including phenoxy) is 1. The molecule has 0 aromatic heterocycles. The molecule has 2 aromatic carbocycles. The van der Waals surface area contributed by atoms with Gasteiger partial charge in [0.2, 0.25) is 0 Å². The van der Waals surface area contributed by atoms with Crippen LogP contribution in [0.3, 0.4) is 0 Å². The van der Waals surface area contributed by atoms with Gasteiger partial charge in [-0.2, -0.15) is 0 Å². The van der Waals surface area contributed by atoms with Gasteiger partial charge in [0.05, 0.1) is 7.11 Å². The second kappa shape index (κ2) is 5.33. The summed E-state index contributed by atoms with van der Waals surface area (Å²) in [6.07, 6.45) is 0. The second-order valence-electron chi connectivity index (χ2n) is 8.05. The summed E-state index contributed by atoms with van der Waals surface area (Å²) in [6.45, 7) is 5.47. The molecule has 6 heteroatoms. The fraction of sp³-hybridized carbons (Fsp3) is 0.333. The zero-order valence-electron chi connectivity index (χ0n) is 15.7. The summed E-state index contributed by atoms with van der Waals surface area (Å²) in [7, 11) is 1.54. The van der Waals surface area contributed by atoms with Crippen molar-refractivity contribution in [2.24, 2.45) is 5.41 Å². The summed E-state index contributed by atoms with van der Waals surface area (Å²) in [5.41, 5.74) is -1.37. The molecule has 2 unspecified atom stereocenters. The highest BCUT2D eigenvalue weighted by molar-refractivity contribution is 6.10. The molecule has 1 aliphatic heterocycles. The summed E-state index contributed by atoms with van der Waals surface area (Å²) in [6, 6.07) is 12.6. The van der Waals surface area contributed by atoms with Crippen molar-refractivity contribution in [3.05, 3.63) is 53.6 Å². The predicted molar refractivity (Wildman–Crippen MR) is 100 cm³/mol. The number of amides is 3.